The molecule has 0 aliphatic carbocycles. The van der Waals surface area contributed by atoms with E-state index < -0.39 is 5.97 Å². The minimum Gasteiger partial charge on any atom is -0.481 e. The molecule has 0 rings (SSSR count). The summed E-state index contributed by atoms with van der Waals surface area (Å²) < 4.78 is 2.97. The average molecular weight is 264 g/mol. The summed E-state index contributed by atoms with van der Waals surface area (Å²) in [5, 5.41) is 8.70. The molecular formula is C10H18BrNO2. The highest BCUT2D eigenvalue weighted by molar-refractivity contribution is 9.08. The summed E-state index contributed by atoms with van der Waals surface area (Å²) in [5.41, 5.74) is 0. The first-order chi connectivity index (χ1) is 6.51. The van der Waals surface area contributed by atoms with Gasteiger partial charge in [0.05, 0.1) is 6.42 Å². The summed E-state index contributed by atoms with van der Waals surface area (Å²) in [5.74, 6) is -0.290. The molecule has 2 N–H and O–H groups in total. The van der Waals surface area contributed by atoms with Crippen molar-refractivity contribution in [3.63, 3.8) is 0 Å². The molecule has 0 aliphatic heterocycles. The van der Waals surface area contributed by atoms with Crippen LogP contribution in [0, 0.1) is 11.8 Å². The Morgan fingerprint density at radius 3 is 2.50 bits per heavy atom. The fourth-order valence-corrected chi connectivity index (χ4v) is 1.93. The number of hydrogen-bond donors (Lipinski definition) is 2. The third kappa shape index (κ3) is 5.40. The van der Waals surface area contributed by atoms with Crippen LogP contribution in [0.5, 0.6) is 0 Å². The van der Waals surface area contributed by atoms with Gasteiger partial charge in [-0.2, -0.15) is 0 Å². The standard InChI is InChI=1S/C10H18BrNO2/c1-4-8(6-10(13)14)9(12-11)5-7(2)3/h4,7-9,12H,1,5-6H2,2-3H3,(H,13,14)/t8-,9+/m1/s1. The highest BCUT2D eigenvalue weighted by atomic mass is 79.9. The highest BCUT2D eigenvalue weighted by Crippen LogP contribution is 2.18. The van der Waals surface area contributed by atoms with Crippen molar-refractivity contribution in [3.05, 3.63) is 12.7 Å². The number of carboxylic acids is 1. The second-order valence-electron chi connectivity index (χ2n) is 3.84. The third-order valence-electron chi connectivity index (χ3n) is 2.10. The largest absolute Gasteiger partial charge is 0.481 e. The van der Waals surface area contributed by atoms with Gasteiger partial charge in [-0.25, -0.2) is 0 Å². The summed E-state index contributed by atoms with van der Waals surface area (Å²) >= 11 is 3.18. The van der Waals surface area contributed by atoms with E-state index in [0.717, 1.165) is 6.42 Å². The van der Waals surface area contributed by atoms with Gasteiger partial charge in [0.1, 0.15) is 0 Å². The monoisotopic (exact) mass is 263 g/mol. The van der Waals surface area contributed by atoms with E-state index in [4.69, 9.17) is 5.11 Å². The van der Waals surface area contributed by atoms with Crippen LogP contribution < -0.4 is 4.34 Å². The van der Waals surface area contributed by atoms with Gasteiger partial charge in [-0.15, -0.1) is 6.58 Å². The van der Waals surface area contributed by atoms with Crippen molar-refractivity contribution in [2.24, 2.45) is 11.8 Å². The van der Waals surface area contributed by atoms with Gasteiger partial charge in [-0.1, -0.05) is 19.9 Å². The Labute approximate surface area is 93.9 Å². The maximum absolute atomic E-state index is 10.6. The van der Waals surface area contributed by atoms with Crippen molar-refractivity contribution < 1.29 is 9.90 Å². The SMILES string of the molecule is C=C[C@H](CC(=O)O)[C@H](CC(C)C)NBr. The van der Waals surface area contributed by atoms with Crippen molar-refractivity contribution in [3.8, 4) is 0 Å². The zero-order chi connectivity index (χ0) is 11.1. The van der Waals surface area contributed by atoms with Gasteiger partial charge in [-0.3, -0.25) is 9.14 Å². The topological polar surface area (TPSA) is 49.3 Å². The molecule has 0 aromatic carbocycles. The normalized spacial score (nSPS) is 15.1. The summed E-state index contributed by atoms with van der Waals surface area (Å²) in [6.45, 7) is 7.88. The van der Waals surface area contributed by atoms with Crippen LogP contribution in [0.2, 0.25) is 0 Å². The number of hydrogen-bond acceptors (Lipinski definition) is 2. The molecule has 0 saturated carbocycles. The van der Waals surface area contributed by atoms with Crippen LogP contribution in [-0.2, 0) is 4.79 Å². The number of rotatable bonds is 7. The maximum atomic E-state index is 10.6. The van der Waals surface area contributed by atoms with Gasteiger partial charge in [0.2, 0.25) is 0 Å². The van der Waals surface area contributed by atoms with E-state index in [0.29, 0.717) is 5.92 Å². The van der Waals surface area contributed by atoms with Gasteiger partial charge < -0.3 is 5.11 Å². The van der Waals surface area contributed by atoms with E-state index in [2.05, 4.69) is 40.9 Å². The molecule has 0 unspecified atom stereocenters. The van der Waals surface area contributed by atoms with Crippen molar-refractivity contribution in [1.29, 1.82) is 0 Å². The first-order valence-electron chi connectivity index (χ1n) is 4.71. The van der Waals surface area contributed by atoms with Crippen LogP contribution in [0.3, 0.4) is 0 Å². The molecule has 4 heteroatoms. The molecule has 82 valence electrons. The fraction of sp³-hybridized carbons (Fsp3) is 0.700. The fourth-order valence-electron chi connectivity index (χ4n) is 1.40. The Morgan fingerprint density at radius 1 is 1.64 bits per heavy atom. The van der Waals surface area contributed by atoms with Gasteiger partial charge in [-0.05, 0) is 12.3 Å². The van der Waals surface area contributed by atoms with Crippen LogP contribution in [0.1, 0.15) is 26.7 Å². The summed E-state index contributed by atoms with van der Waals surface area (Å²) in [4.78, 5) is 10.6. The maximum Gasteiger partial charge on any atom is 0.304 e. The van der Waals surface area contributed by atoms with E-state index in [1.54, 1.807) is 6.08 Å². The zero-order valence-corrected chi connectivity index (χ0v) is 10.3. The van der Waals surface area contributed by atoms with Crippen molar-refractivity contribution in [2.75, 3.05) is 0 Å². The quantitative estimate of drug-likeness (QED) is 0.549. The van der Waals surface area contributed by atoms with E-state index >= 15 is 0 Å². The molecule has 0 amide bonds. The van der Waals surface area contributed by atoms with E-state index in [9.17, 15) is 4.79 Å². The predicted octanol–water partition coefficient (Wildman–Crippen LogP) is 2.58. The minimum absolute atomic E-state index is 0.0331. The molecular weight excluding hydrogens is 246 g/mol. The van der Waals surface area contributed by atoms with E-state index in [-0.39, 0.29) is 18.4 Å². The van der Waals surface area contributed by atoms with Gasteiger partial charge in [0.25, 0.3) is 0 Å². The molecule has 0 bridgehead atoms. The second kappa shape index (κ2) is 7.01. The Hall–Kier alpha value is -0.350. The smallest absolute Gasteiger partial charge is 0.304 e. The first-order valence-corrected chi connectivity index (χ1v) is 5.51. The van der Waals surface area contributed by atoms with Crippen LogP contribution >= 0.6 is 16.1 Å². The lowest BCUT2D eigenvalue weighted by Gasteiger charge is -2.23. The summed E-state index contributed by atoms with van der Waals surface area (Å²) in [6.07, 6.45) is 2.75. The minimum atomic E-state index is -0.786. The molecule has 0 aliphatic rings. The highest BCUT2D eigenvalue weighted by Gasteiger charge is 2.21. The Morgan fingerprint density at radius 2 is 2.21 bits per heavy atom. The molecule has 0 radical (unpaired) electrons. The first kappa shape index (κ1) is 13.7. The Balaban J connectivity index is 4.28. The van der Waals surface area contributed by atoms with Crippen LogP contribution in [-0.4, -0.2) is 17.1 Å². The number of carboxylic acid groups (broad SMARTS) is 1. The average Bonchev–Trinajstić information content (AvgIpc) is 2.10. The number of carbonyl (C=O) groups is 1. The predicted molar refractivity (Wildman–Crippen MR) is 61.2 cm³/mol. The molecule has 0 saturated heterocycles. The molecule has 0 spiro atoms. The van der Waals surface area contributed by atoms with Crippen LogP contribution in [0.15, 0.2) is 12.7 Å². The van der Waals surface area contributed by atoms with Crippen molar-refractivity contribution >= 4 is 22.1 Å². The Kier molecular flexibility index (Phi) is 6.83. The number of nitrogens with one attached hydrogen (secondary N) is 1. The molecule has 0 fully saturated rings. The van der Waals surface area contributed by atoms with E-state index in [1.807, 2.05) is 0 Å². The third-order valence-corrected chi connectivity index (χ3v) is 2.68. The summed E-state index contributed by atoms with van der Waals surface area (Å²) in [6, 6.07) is 0.128. The molecule has 2 atom stereocenters. The van der Waals surface area contributed by atoms with Gasteiger partial charge in [0.15, 0.2) is 0 Å². The molecule has 0 aromatic heterocycles. The van der Waals surface area contributed by atoms with Crippen molar-refractivity contribution in [1.82, 2.24) is 4.34 Å². The molecule has 0 aromatic rings. The molecule has 14 heavy (non-hydrogen) atoms. The lowest BCUT2D eigenvalue weighted by atomic mass is 9.90. The molecule has 3 nitrogen and oxygen atoms in total. The lowest BCUT2D eigenvalue weighted by Crippen LogP contribution is -2.31. The zero-order valence-electron chi connectivity index (χ0n) is 8.66. The molecule has 0 heterocycles. The van der Waals surface area contributed by atoms with Crippen molar-refractivity contribution in [2.45, 2.75) is 32.7 Å². The second-order valence-corrected chi connectivity index (χ2v) is 4.30. The number of halogens is 1. The van der Waals surface area contributed by atoms with E-state index in [1.165, 1.54) is 0 Å². The van der Waals surface area contributed by atoms with Crippen LogP contribution in [0.4, 0.5) is 0 Å². The lowest BCUT2D eigenvalue weighted by molar-refractivity contribution is -0.137. The van der Waals surface area contributed by atoms with Crippen LogP contribution in [0.25, 0.3) is 0 Å². The Bertz CT molecular complexity index is 195. The number of aliphatic carboxylic acids is 1. The van der Waals surface area contributed by atoms with Gasteiger partial charge in [0, 0.05) is 28.1 Å². The van der Waals surface area contributed by atoms with Gasteiger partial charge >= 0.3 is 5.97 Å². The summed E-state index contributed by atoms with van der Waals surface area (Å²) in [7, 11) is 0.